The van der Waals surface area contributed by atoms with Crippen molar-refractivity contribution in [1.29, 1.82) is 0 Å². The summed E-state index contributed by atoms with van der Waals surface area (Å²) in [6, 6.07) is 0.0992. The van der Waals surface area contributed by atoms with E-state index in [2.05, 4.69) is 23.7 Å². The third-order valence-electron chi connectivity index (χ3n) is 3.13. The SMILES string of the molecule is Cc1nc(C)c(CN2CCOC(C(C)N)C2)s1. The molecule has 2 N–H and O–H groups in total. The van der Waals surface area contributed by atoms with Crippen molar-refractivity contribution in [3.63, 3.8) is 0 Å². The van der Waals surface area contributed by atoms with Crippen molar-refractivity contribution in [2.45, 2.75) is 39.5 Å². The summed E-state index contributed by atoms with van der Waals surface area (Å²) < 4.78 is 5.66. The van der Waals surface area contributed by atoms with Crippen LogP contribution < -0.4 is 5.73 Å². The predicted molar refractivity (Wildman–Crippen MR) is 70.3 cm³/mol. The van der Waals surface area contributed by atoms with Gasteiger partial charge in [-0.3, -0.25) is 4.90 Å². The summed E-state index contributed by atoms with van der Waals surface area (Å²) in [6.07, 6.45) is 0.165. The van der Waals surface area contributed by atoms with Gasteiger partial charge >= 0.3 is 0 Å². The van der Waals surface area contributed by atoms with Gasteiger partial charge in [-0.15, -0.1) is 11.3 Å². The minimum Gasteiger partial charge on any atom is -0.374 e. The fourth-order valence-corrected chi connectivity index (χ4v) is 3.10. The zero-order valence-corrected chi connectivity index (χ0v) is 11.6. The lowest BCUT2D eigenvalue weighted by molar-refractivity contribution is -0.0401. The number of hydrogen-bond donors (Lipinski definition) is 1. The molecule has 2 atom stereocenters. The molecule has 2 heterocycles. The smallest absolute Gasteiger partial charge is 0.0900 e. The molecular weight excluding hydrogens is 234 g/mol. The highest BCUT2D eigenvalue weighted by Gasteiger charge is 2.24. The average molecular weight is 255 g/mol. The molecule has 0 spiro atoms. The molecule has 1 aromatic rings. The molecule has 0 aliphatic carbocycles. The lowest BCUT2D eigenvalue weighted by Crippen LogP contribution is -2.49. The molecule has 0 saturated carbocycles. The molecule has 1 aliphatic heterocycles. The monoisotopic (exact) mass is 255 g/mol. The van der Waals surface area contributed by atoms with E-state index in [-0.39, 0.29) is 12.1 Å². The Kier molecular flexibility index (Phi) is 4.14. The number of ether oxygens (including phenoxy) is 1. The first-order chi connectivity index (χ1) is 8.06. The fraction of sp³-hybridized carbons (Fsp3) is 0.750. The van der Waals surface area contributed by atoms with Gasteiger partial charge in [0, 0.05) is 30.6 Å². The first kappa shape index (κ1) is 13.0. The van der Waals surface area contributed by atoms with E-state index in [0.29, 0.717) is 0 Å². The fourth-order valence-electron chi connectivity index (χ4n) is 2.12. The van der Waals surface area contributed by atoms with Crippen LogP contribution in [0.1, 0.15) is 22.5 Å². The summed E-state index contributed by atoms with van der Waals surface area (Å²) in [5.74, 6) is 0. The minimum atomic E-state index is 0.0992. The van der Waals surface area contributed by atoms with Gasteiger partial charge in [0.1, 0.15) is 0 Å². The Bertz CT molecular complexity index is 378. The highest BCUT2D eigenvalue weighted by atomic mass is 32.1. The number of morpholine rings is 1. The summed E-state index contributed by atoms with van der Waals surface area (Å²) in [4.78, 5) is 8.25. The van der Waals surface area contributed by atoms with Gasteiger partial charge in [0.2, 0.25) is 0 Å². The van der Waals surface area contributed by atoms with Crippen LogP contribution in [0.5, 0.6) is 0 Å². The van der Waals surface area contributed by atoms with Crippen molar-refractivity contribution in [1.82, 2.24) is 9.88 Å². The molecular formula is C12H21N3OS. The van der Waals surface area contributed by atoms with E-state index >= 15 is 0 Å². The molecule has 4 nitrogen and oxygen atoms in total. The normalized spacial score (nSPS) is 23.9. The van der Waals surface area contributed by atoms with E-state index in [1.165, 1.54) is 4.88 Å². The Balaban J connectivity index is 1.97. The average Bonchev–Trinajstić information content (AvgIpc) is 2.58. The Morgan fingerprint density at radius 2 is 2.35 bits per heavy atom. The molecule has 1 saturated heterocycles. The van der Waals surface area contributed by atoms with Crippen molar-refractivity contribution in [2.75, 3.05) is 19.7 Å². The van der Waals surface area contributed by atoms with Crippen LogP contribution in [0.2, 0.25) is 0 Å². The predicted octanol–water partition coefficient (Wildman–Crippen LogP) is 1.31. The van der Waals surface area contributed by atoms with Crippen molar-refractivity contribution in [2.24, 2.45) is 5.73 Å². The number of aryl methyl sites for hydroxylation is 2. The maximum absolute atomic E-state index is 5.90. The zero-order chi connectivity index (χ0) is 12.4. The van der Waals surface area contributed by atoms with Gasteiger partial charge < -0.3 is 10.5 Å². The van der Waals surface area contributed by atoms with Crippen LogP contribution in [0.4, 0.5) is 0 Å². The van der Waals surface area contributed by atoms with Crippen LogP contribution in [-0.2, 0) is 11.3 Å². The van der Waals surface area contributed by atoms with E-state index in [4.69, 9.17) is 10.5 Å². The van der Waals surface area contributed by atoms with Crippen molar-refractivity contribution in [3.05, 3.63) is 15.6 Å². The van der Waals surface area contributed by atoms with Gasteiger partial charge in [0.25, 0.3) is 0 Å². The second kappa shape index (κ2) is 5.44. The standard InChI is InChI=1S/C12H21N3OS/c1-8(13)11-6-15(4-5-16-11)7-12-9(2)14-10(3)17-12/h8,11H,4-7,13H2,1-3H3. The summed E-state index contributed by atoms with van der Waals surface area (Å²) in [5.41, 5.74) is 7.06. The topological polar surface area (TPSA) is 51.4 Å². The second-order valence-electron chi connectivity index (χ2n) is 4.74. The summed E-state index contributed by atoms with van der Waals surface area (Å²) >= 11 is 1.79. The number of rotatable bonds is 3. The molecule has 5 heteroatoms. The molecule has 0 radical (unpaired) electrons. The van der Waals surface area contributed by atoms with E-state index in [1.807, 2.05) is 6.92 Å². The van der Waals surface area contributed by atoms with E-state index in [0.717, 1.165) is 36.9 Å². The second-order valence-corrected chi connectivity index (χ2v) is 6.03. The van der Waals surface area contributed by atoms with Crippen LogP contribution in [0, 0.1) is 13.8 Å². The third-order valence-corrected chi connectivity index (χ3v) is 4.19. The van der Waals surface area contributed by atoms with Gasteiger partial charge in [0.05, 0.1) is 23.4 Å². The van der Waals surface area contributed by atoms with Crippen molar-refractivity contribution < 1.29 is 4.74 Å². The summed E-state index contributed by atoms with van der Waals surface area (Å²) in [6.45, 7) is 9.82. The van der Waals surface area contributed by atoms with Gasteiger partial charge in [-0.25, -0.2) is 4.98 Å². The lowest BCUT2D eigenvalue weighted by Gasteiger charge is -2.34. The molecule has 1 aromatic heterocycles. The number of aromatic nitrogens is 1. The molecule has 0 bridgehead atoms. The van der Waals surface area contributed by atoms with Crippen LogP contribution in [0.15, 0.2) is 0 Å². The Morgan fingerprint density at radius 3 is 2.94 bits per heavy atom. The maximum atomic E-state index is 5.90. The van der Waals surface area contributed by atoms with E-state index in [1.54, 1.807) is 11.3 Å². The summed E-state index contributed by atoms with van der Waals surface area (Å²) in [5, 5.41) is 1.15. The molecule has 2 unspecified atom stereocenters. The molecule has 0 amide bonds. The largest absolute Gasteiger partial charge is 0.374 e. The number of hydrogen-bond acceptors (Lipinski definition) is 5. The van der Waals surface area contributed by atoms with Crippen LogP contribution >= 0.6 is 11.3 Å². The van der Waals surface area contributed by atoms with Crippen molar-refractivity contribution >= 4 is 11.3 Å². The number of nitrogens with zero attached hydrogens (tertiary/aromatic N) is 2. The Labute approximate surface area is 107 Å². The van der Waals surface area contributed by atoms with Crippen molar-refractivity contribution in [3.8, 4) is 0 Å². The first-order valence-electron chi connectivity index (χ1n) is 6.08. The van der Waals surface area contributed by atoms with Gasteiger partial charge in [-0.05, 0) is 20.8 Å². The van der Waals surface area contributed by atoms with Crippen LogP contribution in [-0.4, -0.2) is 41.7 Å². The molecule has 2 rings (SSSR count). The van der Waals surface area contributed by atoms with E-state index < -0.39 is 0 Å². The molecule has 96 valence electrons. The zero-order valence-electron chi connectivity index (χ0n) is 10.8. The molecule has 0 aromatic carbocycles. The van der Waals surface area contributed by atoms with Gasteiger partial charge in [0.15, 0.2) is 0 Å². The maximum Gasteiger partial charge on any atom is 0.0900 e. The highest BCUT2D eigenvalue weighted by Crippen LogP contribution is 2.20. The minimum absolute atomic E-state index is 0.0992. The third kappa shape index (κ3) is 3.25. The Hall–Kier alpha value is -0.490. The van der Waals surface area contributed by atoms with Gasteiger partial charge in [-0.1, -0.05) is 0 Å². The number of nitrogens with two attached hydrogens (primary N) is 1. The highest BCUT2D eigenvalue weighted by molar-refractivity contribution is 7.11. The quantitative estimate of drug-likeness (QED) is 0.885. The van der Waals surface area contributed by atoms with Gasteiger partial charge in [-0.2, -0.15) is 0 Å². The Morgan fingerprint density at radius 1 is 1.59 bits per heavy atom. The van der Waals surface area contributed by atoms with Crippen LogP contribution in [0.3, 0.4) is 0 Å². The number of thiazole rings is 1. The van der Waals surface area contributed by atoms with E-state index in [9.17, 15) is 0 Å². The lowest BCUT2D eigenvalue weighted by atomic mass is 10.1. The molecule has 17 heavy (non-hydrogen) atoms. The molecule has 1 fully saturated rings. The van der Waals surface area contributed by atoms with Crippen LogP contribution in [0.25, 0.3) is 0 Å². The first-order valence-corrected chi connectivity index (χ1v) is 6.90. The summed E-state index contributed by atoms with van der Waals surface area (Å²) in [7, 11) is 0. The molecule has 1 aliphatic rings.